The third kappa shape index (κ3) is 4.35. The van der Waals surface area contributed by atoms with Crippen LogP contribution in [0.2, 0.25) is 0 Å². The van der Waals surface area contributed by atoms with Gasteiger partial charge in [-0.1, -0.05) is 13.0 Å². The molecule has 1 heterocycles. The van der Waals surface area contributed by atoms with Crippen LogP contribution in [0.3, 0.4) is 0 Å². The first-order valence-corrected chi connectivity index (χ1v) is 6.26. The monoisotopic (exact) mass is 211 g/mol. The third-order valence-electron chi connectivity index (χ3n) is 3.23. The number of ether oxygens (including phenoxy) is 1. The molecule has 0 aromatic carbocycles. The lowest BCUT2D eigenvalue weighted by Crippen LogP contribution is -2.43. The number of hydrogen-bond acceptors (Lipinski definition) is 2. The van der Waals surface area contributed by atoms with E-state index in [9.17, 15) is 0 Å². The molecule has 1 fully saturated rings. The second kappa shape index (κ2) is 7.02. The zero-order valence-electron chi connectivity index (χ0n) is 10.2. The van der Waals surface area contributed by atoms with E-state index in [0.29, 0.717) is 18.2 Å². The Morgan fingerprint density at radius 1 is 1.60 bits per heavy atom. The predicted octanol–water partition coefficient (Wildman–Crippen LogP) is 2.89. The van der Waals surface area contributed by atoms with Crippen molar-refractivity contribution in [2.45, 2.75) is 64.1 Å². The fraction of sp³-hybridized carbons (Fsp3) is 0.846. The summed E-state index contributed by atoms with van der Waals surface area (Å²) >= 11 is 0. The molecule has 0 spiro atoms. The van der Waals surface area contributed by atoms with Crippen LogP contribution in [0.5, 0.6) is 0 Å². The summed E-state index contributed by atoms with van der Waals surface area (Å²) in [5, 5.41) is 3.67. The third-order valence-corrected chi connectivity index (χ3v) is 3.23. The van der Waals surface area contributed by atoms with Gasteiger partial charge in [-0.05, 0) is 39.0 Å². The molecule has 1 N–H and O–H groups in total. The van der Waals surface area contributed by atoms with E-state index < -0.39 is 0 Å². The second-order valence-electron chi connectivity index (χ2n) is 4.48. The predicted molar refractivity (Wildman–Crippen MR) is 65.1 cm³/mol. The molecule has 2 nitrogen and oxygen atoms in total. The lowest BCUT2D eigenvalue weighted by molar-refractivity contribution is 0.0790. The molecule has 0 aromatic heterocycles. The van der Waals surface area contributed by atoms with Gasteiger partial charge in [0, 0.05) is 18.7 Å². The van der Waals surface area contributed by atoms with Crippen molar-refractivity contribution in [3.05, 3.63) is 12.7 Å². The molecular formula is C13H25NO. The SMILES string of the molecule is C=CCC[C@H](CC)N[C@H](C)[C@H]1CCCO1. The zero-order chi connectivity index (χ0) is 11.1. The molecule has 2 heteroatoms. The molecule has 1 aliphatic rings. The van der Waals surface area contributed by atoms with Crippen molar-refractivity contribution < 1.29 is 4.74 Å². The average Bonchev–Trinajstić information content (AvgIpc) is 2.77. The Balaban J connectivity index is 2.26. The van der Waals surface area contributed by atoms with E-state index in [2.05, 4.69) is 25.7 Å². The van der Waals surface area contributed by atoms with Gasteiger partial charge in [-0.15, -0.1) is 6.58 Å². The summed E-state index contributed by atoms with van der Waals surface area (Å²) in [6.07, 6.45) is 8.35. The van der Waals surface area contributed by atoms with Crippen LogP contribution < -0.4 is 5.32 Å². The largest absolute Gasteiger partial charge is 0.377 e. The molecule has 3 atom stereocenters. The first kappa shape index (κ1) is 12.7. The summed E-state index contributed by atoms with van der Waals surface area (Å²) in [6.45, 7) is 9.20. The number of rotatable bonds is 7. The Kier molecular flexibility index (Phi) is 5.96. The van der Waals surface area contributed by atoms with E-state index in [1.54, 1.807) is 0 Å². The molecule has 0 aromatic rings. The van der Waals surface area contributed by atoms with Crippen LogP contribution >= 0.6 is 0 Å². The highest BCUT2D eigenvalue weighted by Crippen LogP contribution is 2.16. The topological polar surface area (TPSA) is 21.3 Å². The molecule has 15 heavy (non-hydrogen) atoms. The molecule has 1 saturated heterocycles. The standard InChI is InChI=1S/C13H25NO/c1-4-6-8-12(5-2)14-11(3)13-9-7-10-15-13/h4,11-14H,1,5-10H2,2-3H3/t11-,12+,13-/m1/s1. The van der Waals surface area contributed by atoms with Crippen molar-refractivity contribution in [3.63, 3.8) is 0 Å². The van der Waals surface area contributed by atoms with Crippen LogP contribution in [0.25, 0.3) is 0 Å². The van der Waals surface area contributed by atoms with Gasteiger partial charge in [-0.3, -0.25) is 0 Å². The highest BCUT2D eigenvalue weighted by molar-refractivity contribution is 4.81. The molecule has 0 amide bonds. The number of nitrogens with one attached hydrogen (secondary N) is 1. The van der Waals surface area contributed by atoms with Crippen molar-refractivity contribution in [3.8, 4) is 0 Å². The maximum atomic E-state index is 5.68. The molecular weight excluding hydrogens is 186 g/mol. The van der Waals surface area contributed by atoms with Gasteiger partial charge in [-0.25, -0.2) is 0 Å². The smallest absolute Gasteiger partial charge is 0.0726 e. The summed E-state index contributed by atoms with van der Waals surface area (Å²) in [5.41, 5.74) is 0. The quantitative estimate of drug-likeness (QED) is 0.654. The minimum atomic E-state index is 0.433. The van der Waals surface area contributed by atoms with Gasteiger partial charge < -0.3 is 10.1 Å². The maximum Gasteiger partial charge on any atom is 0.0726 e. The molecule has 0 saturated carbocycles. The van der Waals surface area contributed by atoms with Crippen LogP contribution in [0.4, 0.5) is 0 Å². The minimum Gasteiger partial charge on any atom is -0.377 e. The highest BCUT2D eigenvalue weighted by atomic mass is 16.5. The van der Waals surface area contributed by atoms with E-state index in [0.717, 1.165) is 13.0 Å². The maximum absolute atomic E-state index is 5.68. The zero-order valence-corrected chi connectivity index (χ0v) is 10.2. The Morgan fingerprint density at radius 2 is 2.40 bits per heavy atom. The Morgan fingerprint density at radius 3 is 2.93 bits per heavy atom. The average molecular weight is 211 g/mol. The molecule has 0 unspecified atom stereocenters. The Bertz CT molecular complexity index is 175. The van der Waals surface area contributed by atoms with Gasteiger partial charge in [0.25, 0.3) is 0 Å². The second-order valence-corrected chi connectivity index (χ2v) is 4.48. The van der Waals surface area contributed by atoms with Gasteiger partial charge >= 0.3 is 0 Å². The molecule has 0 radical (unpaired) electrons. The minimum absolute atomic E-state index is 0.433. The van der Waals surface area contributed by atoms with Crippen molar-refractivity contribution in [2.75, 3.05) is 6.61 Å². The number of hydrogen-bond donors (Lipinski definition) is 1. The van der Waals surface area contributed by atoms with Crippen LogP contribution in [-0.2, 0) is 4.74 Å². The molecule has 0 bridgehead atoms. The molecule has 0 aliphatic carbocycles. The summed E-state index contributed by atoms with van der Waals surface area (Å²) in [7, 11) is 0. The van der Waals surface area contributed by atoms with E-state index in [4.69, 9.17) is 4.74 Å². The van der Waals surface area contributed by atoms with Gasteiger partial charge in [0.1, 0.15) is 0 Å². The van der Waals surface area contributed by atoms with E-state index in [-0.39, 0.29) is 0 Å². The Labute approximate surface area is 94.1 Å². The first-order chi connectivity index (χ1) is 7.27. The number of allylic oxidation sites excluding steroid dienone is 1. The summed E-state index contributed by atoms with van der Waals surface area (Å²) in [4.78, 5) is 0. The summed E-state index contributed by atoms with van der Waals surface area (Å²) in [6, 6.07) is 1.10. The fourth-order valence-electron chi connectivity index (χ4n) is 2.20. The Hall–Kier alpha value is -0.340. The van der Waals surface area contributed by atoms with Crippen LogP contribution in [0.1, 0.15) is 46.0 Å². The van der Waals surface area contributed by atoms with Gasteiger partial charge in [0.2, 0.25) is 0 Å². The fourth-order valence-corrected chi connectivity index (χ4v) is 2.20. The molecule has 1 aliphatic heterocycles. The lowest BCUT2D eigenvalue weighted by Gasteiger charge is -2.25. The van der Waals surface area contributed by atoms with Gasteiger partial charge in [0.15, 0.2) is 0 Å². The first-order valence-electron chi connectivity index (χ1n) is 6.26. The normalized spacial score (nSPS) is 25.1. The van der Waals surface area contributed by atoms with E-state index >= 15 is 0 Å². The van der Waals surface area contributed by atoms with Crippen LogP contribution in [0.15, 0.2) is 12.7 Å². The highest BCUT2D eigenvalue weighted by Gasteiger charge is 2.23. The summed E-state index contributed by atoms with van der Waals surface area (Å²) < 4.78 is 5.68. The lowest BCUT2D eigenvalue weighted by atomic mass is 10.0. The summed E-state index contributed by atoms with van der Waals surface area (Å²) in [5.74, 6) is 0. The van der Waals surface area contributed by atoms with Crippen molar-refractivity contribution >= 4 is 0 Å². The van der Waals surface area contributed by atoms with E-state index in [1.807, 2.05) is 6.08 Å². The van der Waals surface area contributed by atoms with Crippen LogP contribution in [-0.4, -0.2) is 24.8 Å². The van der Waals surface area contributed by atoms with Crippen molar-refractivity contribution in [1.29, 1.82) is 0 Å². The van der Waals surface area contributed by atoms with Crippen molar-refractivity contribution in [1.82, 2.24) is 5.32 Å². The molecule has 88 valence electrons. The molecule has 1 rings (SSSR count). The van der Waals surface area contributed by atoms with Crippen molar-refractivity contribution in [2.24, 2.45) is 0 Å². The van der Waals surface area contributed by atoms with E-state index in [1.165, 1.54) is 25.7 Å². The van der Waals surface area contributed by atoms with Gasteiger partial charge in [-0.2, -0.15) is 0 Å². The van der Waals surface area contributed by atoms with Gasteiger partial charge in [0.05, 0.1) is 6.10 Å². The van der Waals surface area contributed by atoms with Crippen LogP contribution in [0, 0.1) is 0 Å².